The molecule has 1 N–H and O–H groups in total. The first-order valence-corrected chi connectivity index (χ1v) is 12.1. The fourth-order valence-electron chi connectivity index (χ4n) is 3.35. The molecule has 0 unspecified atom stereocenters. The van der Waals surface area contributed by atoms with Crippen molar-refractivity contribution in [3.63, 3.8) is 0 Å². The molecule has 1 aliphatic carbocycles. The minimum atomic E-state index is -0.587. The van der Waals surface area contributed by atoms with Gasteiger partial charge in [-0.2, -0.15) is 0 Å². The Morgan fingerprint density at radius 2 is 1.78 bits per heavy atom. The van der Waals surface area contributed by atoms with E-state index in [1.807, 2.05) is 0 Å². The Kier molecular flexibility index (Phi) is 6.50. The Labute approximate surface area is 215 Å². The topological polar surface area (TPSA) is 76.7 Å². The van der Waals surface area contributed by atoms with Crippen LogP contribution in [0.25, 0.3) is 33.4 Å². The van der Waals surface area contributed by atoms with Crippen molar-refractivity contribution in [3.8, 4) is 40.5 Å². The van der Waals surface area contributed by atoms with E-state index < -0.39 is 5.97 Å². The second-order valence-electron chi connectivity index (χ2n) is 6.58. The maximum Gasteiger partial charge on any atom is 0.339 e. The number of carbonyl (C=O) groups is 1. The number of aromatic hydroxyl groups is 1. The normalized spacial score (nSPS) is 11.0. The Morgan fingerprint density at radius 1 is 1.06 bits per heavy atom. The van der Waals surface area contributed by atoms with E-state index in [0.29, 0.717) is 41.1 Å². The van der Waals surface area contributed by atoms with Gasteiger partial charge in [-0.1, -0.05) is 24.1 Å². The highest BCUT2D eigenvalue weighted by Gasteiger charge is 2.27. The van der Waals surface area contributed by atoms with Crippen molar-refractivity contribution >= 4 is 80.7 Å². The summed E-state index contributed by atoms with van der Waals surface area (Å²) in [4.78, 5) is 25.3. The number of terminal acetylenes is 1. The quantitative estimate of drug-likeness (QED) is 0.141. The highest BCUT2D eigenvalue weighted by Crippen LogP contribution is 2.49. The molecule has 5 nitrogen and oxygen atoms in total. The number of hydrogen-bond acceptors (Lipinski definition) is 5. The molecule has 0 atom stereocenters. The second kappa shape index (κ2) is 9.02. The molecule has 2 aliphatic rings. The summed E-state index contributed by atoms with van der Waals surface area (Å²) in [5.41, 5.74) is 2.00. The molecule has 0 bridgehead atoms. The molecule has 32 heavy (non-hydrogen) atoms. The van der Waals surface area contributed by atoms with Crippen LogP contribution in [0.1, 0.15) is 10.4 Å². The molecule has 0 spiro atoms. The molecule has 1 heterocycles. The van der Waals surface area contributed by atoms with Crippen LogP contribution in [0.2, 0.25) is 0 Å². The zero-order valence-corrected chi connectivity index (χ0v) is 22.2. The molecular weight excluding hydrogens is 676 g/mol. The Bertz CT molecular complexity index is 1480. The number of phenols is 1. The average molecular weight is 686 g/mol. The van der Waals surface area contributed by atoms with E-state index in [9.17, 15) is 14.7 Å². The average Bonchev–Trinajstić information content (AvgIpc) is 2.79. The minimum absolute atomic E-state index is 0.0659. The van der Waals surface area contributed by atoms with Gasteiger partial charge in [0.1, 0.15) is 14.7 Å². The lowest BCUT2D eigenvalue weighted by Crippen LogP contribution is -2.09. The molecule has 2 aromatic rings. The monoisotopic (exact) mass is 682 g/mol. The Morgan fingerprint density at radius 3 is 2.50 bits per heavy atom. The predicted octanol–water partition coefficient (Wildman–Crippen LogP) is 7.11. The molecule has 0 amide bonds. The lowest BCUT2D eigenvalue weighted by Gasteiger charge is -2.19. The van der Waals surface area contributed by atoms with Gasteiger partial charge in [-0.15, -0.1) is 6.42 Å². The molecule has 0 aromatic heterocycles. The highest BCUT2D eigenvalue weighted by atomic mass is 79.9. The number of esters is 1. The molecule has 0 saturated heterocycles. The molecule has 9 heteroatoms. The van der Waals surface area contributed by atoms with Crippen LogP contribution in [0.3, 0.4) is 0 Å². The number of fused-ring (bicyclic) bond motifs is 2. The number of phenolic OH excluding ortho intramolecular Hbond substituents is 1. The fraction of sp³-hybridized carbons (Fsp3) is 0.0435. The molecule has 0 fully saturated rings. The molecule has 2 aromatic carbocycles. The highest BCUT2D eigenvalue weighted by molar-refractivity contribution is 9.11. The van der Waals surface area contributed by atoms with Crippen molar-refractivity contribution < 1.29 is 19.1 Å². The Balaban J connectivity index is 2.22. The first-order valence-electron chi connectivity index (χ1n) is 8.91. The zero-order valence-electron chi connectivity index (χ0n) is 15.8. The van der Waals surface area contributed by atoms with Crippen LogP contribution in [0, 0.1) is 12.3 Å². The predicted molar refractivity (Wildman–Crippen MR) is 136 cm³/mol. The van der Waals surface area contributed by atoms with E-state index >= 15 is 0 Å². The molecule has 0 radical (unpaired) electrons. The maximum absolute atomic E-state index is 12.8. The van der Waals surface area contributed by atoms with Gasteiger partial charge in [0.2, 0.25) is 5.43 Å². The third kappa shape index (κ3) is 3.79. The van der Waals surface area contributed by atoms with Gasteiger partial charge < -0.3 is 14.3 Å². The summed E-state index contributed by atoms with van der Waals surface area (Å²) < 4.78 is 12.5. The molecule has 4 rings (SSSR count). The van der Waals surface area contributed by atoms with Crippen LogP contribution in [0.15, 0.2) is 63.5 Å². The SMILES string of the molecule is C#CCOC(=O)c1ccccc1-c1c2cc(Br)c(=O)c(Br)c-2oc2c(Br)c(O)c(Br)cc12. The number of ether oxygens (including phenoxy) is 1. The van der Waals surface area contributed by atoms with E-state index in [4.69, 9.17) is 15.6 Å². The van der Waals surface area contributed by atoms with Gasteiger partial charge in [-0.25, -0.2) is 4.79 Å². The zero-order chi connectivity index (χ0) is 23.2. The summed E-state index contributed by atoms with van der Waals surface area (Å²) in [6.07, 6.45) is 5.23. The van der Waals surface area contributed by atoms with Crippen molar-refractivity contribution in [3.05, 3.63) is 70.1 Å². The van der Waals surface area contributed by atoms with Gasteiger partial charge in [-0.05, 0) is 87.5 Å². The largest absolute Gasteiger partial charge is 0.505 e. The van der Waals surface area contributed by atoms with Gasteiger partial charge >= 0.3 is 5.97 Å². The summed E-state index contributed by atoms with van der Waals surface area (Å²) >= 11 is 13.4. The van der Waals surface area contributed by atoms with E-state index in [-0.39, 0.29) is 33.6 Å². The number of rotatable bonds is 3. The first-order chi connectivity index (χ1) is 15.3. The van der Waals surface area contributed by atoms with Crippen LogP contribution >= 0.6 is 63.7 Å². The van der Waals surface area contributed by atoms with Crippen LogP contribution in [0.4, 0.5) is 0 Å². The molecule has 0 saturated carbocycles. The smallest absolute Gasteiger partial charge is 0.339 e. The van der Waals surface area contributed by atoms with Crippen molar-refractivity contribution in [2.24, 2.45) is 0 Å². The lowest BCUT2D eigenvalue weighted by atomic mass is 9.91. The third-order valence-corrected chi connectivity index (χ3v) is 7.38. The number of hydrogen-bond donors (Lipinski definition) is 1. The standard InChI is InChI=1S/C23H10Br4O5/c1-2-7-31-23(30)11-6-4-3-5-10(11)16-12-8-14(24)19(28)17(26)21(12)32-22-13(16)9-15(25)20(29)18(22)27/h1,3-6,8-9,28H,7H2. The van der Waals surface area contributed by atoms with Crippen LogP contribution in [-0.2, 0) is 4.74 Å². The van der Waals surface area contributed by atoms with Crippen LogP contribution < -0.4 is 5.43 Å². The van der Waals surface area contributed by atoms with Crippen LogP contribution in [-0.4, -0.2) is 17.7 Å². The number of carbonyl (C=O) groups excluding carboxylic acids is 1. The van der Waals surface area contributed by atoms with Crippen molar-refractivity contribution in [1.82, 2.24) is 0 Å². The van der Waals surface area contributed by atoms with E-state index in [2.05, 4.69) is 69.6 Å². The summed E-state index contributed by atoms with van der Waals surface area (Å²) in [5.74, 6) is 1.89. The third-order valence-electron chi connectivity index (χ3n) is 4.73. The number of benzene rings is 3. The Hall–Kier alpha value is -2.12. The van der Waals surface area contributed by atoms with Gasteiger partial charge in [0, 0.05) is 16.5 Å². The summed E-state index contributed by atoms with van der Waals surface area (Å²) in [7, 11) is 0. The first kappa shape index (κ1) is 23.1. The van der Waals surface area contributed by atoms with Crippen molar-refractivity contribution in [1.29, 1.82) is 0 Å². The lowest BCUT2D eigenvalue weighted by molar-refractivity contribution is 0.0557. The number of halogens is 4. The molecule has 1 aliphatic heterocycles. The van der Waals surface area contributed by atoms with Crippen molar-refractivity contribution in [2.75, 3.05) is 6.61 Å². The van der Waals surface area contributed by atoms with Crippen LogP contribution in [0.5, 0.6) is 5.75 Å². The van der Waals surface area contributed by atoms with E-state index in [1.54, 1.807) is 36.4 Å². The maximum atomic E-state index is 12.8. The van der Waals surface area contributed by atoms with Crippen molar-refractivity contribution in [2.45, 2.75) is 0 Å². The van der Waals surface area contributed by atoms with Gasteiger partial charge in [0.15, 0.2) is 18.0 Å². The van der Waals surface area contributed by atoms with Gasteiger partial charge in [0.25, 0.3) is 0 Å². The summed E-state index contributed by atoms with van der Waals surface area (Å²) in [5, 5.41) is 11.0. The van der Waals surface area contributed by atoms with Gasteiger partial charge in [-0.3, -0.25) is 4.79 Å². The minimum Gasteiger partial charge on any atom is -0.505 e. The van der Waals surface area contributed by atoms with E-state index in [1.165, 1.54) is 0 Å². The summed E-state index contributed by atoms with van der Waals surface area (Å²) in [6.45, 7) is -0.166. The summed E-state index contributed by atoms with van der Waals surface area (Å²) in [6, 6.07) is 10.2. The second-order valence-corrected chi connectivity index (χ2v) is 9.87. The fourth-order valence-corrected chi connectivity index (χ4v) is 5.75. The molecule has 160 valence electrons. The van der Waals surface area contributed by atoms with E-state index in [0.717, 1.165) is 0 Å². The molecular formula is C23H10Br4O5. The van der Waals surface area contributed by atoms with Gasteiger partial charge in [0.05, 0.1) is 14.5 Å².